The Morgan fingerprint density at radius 1 is 0.692 bits per heavy atom. The third kappa shape index (κ3) is 31.7. The van der Waals surface area contributed by atoms with Crippen molar-refractivity contribution in [1.82, 2.24) is 0 Å². The molecule has 0 amide bonds. The molecule has 0 aromatic rings. The average molecular weight is 296 g/mol. The standard InChI is InChI=1S/CH6O4P2S2.4Na/c2-6(3,8)1-7(4,5)9;;;;/h1H2,(H2,2,3,8)(H2,4,5,9);;;;/q;4*+1/p-4. The Balaban J connectivity index is -0.0000000533. The SMILES string of the molecule is [Na+].[Na+].[Na+].[Na+].[O-]P([O-])(=S)CP([O-])([O-])=S. The van der Waals surface area contributed by atoms with Crippen LogP contribution in [-0.4, -0.2) is 5.90 Å². The predicted octanol–water partition coefficient (Wildman–Crippen LogP) is -15.0. The molecule has 12 heteroatoms. The van der Waals surface area contributed by atoms with E-state index in [1.165, 1.54) is 0 Å². The van der Waals surface area contributed by atoms with Gasteiger partial charge < -0.3 is 19.6 Å². The fourth-order valence-electron chi connectivity index (χ4n) is 0.212. The van der Waals surface area contributed by atoms with Gasteiger partial charge in [0, 0.05) is 0 Å². The molecule has 56 valence electrons. The quantitative estimate of drug-likeness (QED) is 0.371. The number of rotatable bonds is 2. The molecule has 0 atom stereocenters. The molecule has 0 aromatic heterocycles. The van der Waals surface area contributed by atoms with Gasteiger partial charge in [0.25, 0.3) is 0 Å². The van der Waals surface area contributed by atoms with Crippen LogP contribution in [0.3, 0.4) is 0 Å². The van der Waals surface area contributed by atoms with Crippen molar-refractivity contribution < 1.29 is 138 Å². The van der Waals surface area contributed by atoms with Gasteiger partial charge in [0.1, 0.15) is 0 Å². The van der Waals surface area contributed by atoms with E-state index in [-0.39, 0.29) is 118 Å². The van der Waals surface area contributed by atoms with E-state index in [1.54, 1.807) is 0 Å². The molecular formula is CH2Na4O4P2S2. The molecule has 0 radical (unpaired) electrons. The van der Waals surface area contributed by atoms with Crippen molar-refractivity contribution in [3.63, 3.8) is 0 Å². The van der Waals surface area contributed by atoms with Crippen molar-refractivity contribution in [2.24, 2.45) is 0 Å². The van der Waals surface area contributed by atoms with E-state index >= 15 is 0 Å². The van der Waals surface area contributed by atoms with Crippen LogP contribution in [-0.2, 0) is 23.6 Å². The summed E-state index contributed by atoms with van der Waals surface area (Å²) in [7, 11) is 0. The van der Waals surface area contributed by atoms with Crippen LogP contribution in [0.25, 0.3) is 0 Å². The Kier molecular flexibility index (Phi) is 32.2. The second-order valence-corrected chi connectivity index (χ2v) is 8.28. The van der Waals surface area contributed by atoms with Gasteiger partial charge in [-0.3, -0.25) is 0 Å². The molecule has 0 heterocycles. The summed E-state index contributed by atoms with van der Waals surface area (Å²) in [4.78, 5) is 40.2. The number of hydrogen-bond acceptors (Lipinski definition) is 6. The number of hydrogen-bond donors (Lipinski definition) is 0. The molecule has 0 bridgehead atoms. The fraction of sp³-hybridized carbons (Fsp3) is 1.00. The second kappa shape index (κ2) is 13.6. The first-order chi connectivity index (χ1) is 3.71. The molecule has 0 unspecified atom stereocenters. The zero-order valence-electron chi connectivity index (χ0n) is 8.05. The summed E-state index contributed by atoms with van der Waals surface area (Å²) < 4.78 is 0. The van der Waals surface area contributed by atoms with E-state index in [0.717, 1.165) is 0 Å². The van der Waals surface area contributed by atoms with Crippen molar-refractivity contribution in [1.29, 1.82) is 0 Å². The summed E-state index contributed by atoms with van der Waals surface area (Å²) in [6.45, 7) is -8.27. The van der Waals surface area contributed by atoms with Crippen LogP contribution in [0.4, 0.5) is 0 Å². The van der Waals surface area contributed by atoms with E-state index in [2.05, 4.69) is 23.6 Å². The first-order valence-electron chi connectivity index (χ1n) is 1.73. The van der Waals surface area contributed by atoms with Crippen LogP contribution in [0.15, 0.2) is 0 Å². The summed E-state index contributed by atoms with van der Waals surface area (Å²) >= 11 is 7.59. The molecule has 4 nitrogen and oxygen atoms in total. The maximum absolute atomic E-state index is 10.1. The van der Waals surface area contributed by atoms with Crippen LogP contribution in [0.1, 0.15) is 0 Å². The fourth-order valence-corrected chi connectivity index (χ4v) is 5.30. The molecule has 0 fully saturated rings. The van der Waals surface area contributed by atoms with E-state index in [0.29, 0.717) is 0 Å². The molecule has 0 N–H and O–H groups in total. The summed E-state index contributed by atoms with van der Waals surface area (Å²) in [5.41, 5.74) is 0. The Morgan fingerprint density at radius 3 is 0.846 bits per heavy atom. The van der Waals surface area contributed by atoms with E-state index < -0.39 is 18.9 Å². The molecular weight excluding hydrogens is 294 g/mol. The van der Waals surface area contributed by atoms with Crippen LogP contribution < -0.4 is 138 Å². The molecule has 0 rings (SSSR count). The van der Waals surface area contributed by atoms with Gasteiger partial charge in [0.05, 0.1) is 0 Å². The van der Waals surface area contributed by atoms with Gasteiger partial charge in [-0.15, -0.1) is 23.6 Å². The molecule has 0 saturated heterocycles. The zero-order valence-corrected chi connectivity index (χ0v) is 19.5. The Morgan fingerprint density at radius 2 is 0.846 bits per heavy atom. The normalized spacial score (nSPS) is 9.54. The third-order valence-electron chi connectivity index (χ3n) is 0.346. The van der Waals surface area contributed by atoms with Gasteiger partial charge in [-0.2, -0.15) is 0 Å². The van der Waals surface area contributed by atoms with E-state index in [9.17, 15) is 19.6 Å². The minimum atomic E-state index is -4.13. The van der Waals surface area contributed by atoms with E-state index in [4.69, 9.17) is 0 Å². The van der Waals surface area contributed by atoms with Crippen molar-refractivity contribution in [3.8, 4) is 0 Å². The molecule has 0 aliphatic rings. The summed E-state index contributed by atoms with van der Waals surface area (Å²) in [6, 6.07) is 0. The third-order valence-corrected chi connectivity index (χ3v) is 5.20. The molecule has 0 saturated carbocycles. The zero-order chi connectivity index (χ0) is 7.71. The summed E-state index contributed by atoms with van der Waals surface area (Å²) in [6.07, 6.45) is 0. The second-order valence-electron chi connectivity index (χ2n) is 1.36. The van der Waals surface area contributed by atoms with Crippen molar-refractivity contribution in [2.75, 3.05) is 5.90 Å². The van der Waals surface area contributed by atoms with Gasteiger partial charge in [0.2, 0.25) is 0 Å². The monoisotopic (exact) mass is 296 g/mol. The van der Waals surface area contributed by atoms with Crippen molar-refractivity contribution in [2.45, 2.75) is 0 Å². The largest absolute Gasteiger partial charge is 1.00 e. The van der Waals surface area contributed by atoms with Crippen LogP contribution in [0.5, 0.6) is 0 Å². The summed E-state index contributed by atoms with van der Waals surface area (Å²) in [5.74, 6) is -1.08. The van der Waals surface area contributed by atoms with Gasteiger partial charge in [-0.1, -0.05) is 0 Å². The molecule has 0 spiro atoms. The average Bonchev–Trinajstić information content (AvgIpc) is 1.14. The van der Waals surface area contributed by atoms with Gasteiger partial charge in [-0.05, 0) is 5.90 Å². The van der Waals surface area contributed by atoms with Gasteiger partial charge >= 0.3 is 118 Å². The van der Waals surface area contributed by atoms with Gasteiger partial charge in [0.15, 0.2) is 0 Å². The minimum absolute atomic E-state index is 0. The van der Waals surface area contributed by atoms with Crippen LogP contribution in [0.2, 0.25) is 0 Å². The van der Waals surface area contributed by atoms with Crippen LogP contribution in [0, 0.1) is 0 Å². The van der Waals surface area contributed by atoms with E-state index in [1.807, 2.05) is 0 Å². The Labute approximate surface area is 176 Å². The predicted molar refractivity (Wildman–Crippen MR) is 33.4 cm³/mol. The molecule has 13 heavy (non-hydrogen) atoms. The maximum atomic E-state index is 10.1. The minimum Gasteiger partial charge on any atom is -0.832 e. The van der Waals surface area contributed by atoms with Crippen LogP contribution >= 0.6 is 13.0 Å². The maximum Gasteiger partial charge on any atom is 1.00 e. The smallest absolute Gasteiger partial charge is 0.832 e. The topological polar surface area (TPSA) is 92.2 Å². The summed E-state index contributed by atoms with van der Waals surface area (Å²) in [5, 5.41) is 0. The first-order valence-corrected chi connectivity index (χ1v) is 7.37. The molecule has 0 aliphatic heterocycles. The first kappa shape index (κ1) is 30.9. The van der Waals surface area contributed by atoms with Crippen molar-refractivity contribution >= 4 is 36.6 Å². The van der Waals surface area contributed by atoms with Gasteiger partial charge in [-0.25, -0.2) is 13.0 Å². The Bertz CT molecular complexity index is 169. The molecule has 0 aromatic carbocycles. The molecule has 0 aliphatic carbocycles. The Hall–Kier alpha value is 5.14. The van der Waals surface area contributed by atoms with Crippen molar-refractivity contribution in [3.05, 3.63) is 0 Å².